The zero-order chi connectivity index (χ0) is 18.2. The van der Waals surface area contributed by atoms with E-state index in [0.717, 1.165) is 17.5 Å². The van der Waals surface area contributed by atoms with Crippen LogP contribution in [0.2, 0.25) is 0 Å². The molecule has 1 N–H and O–H groups in total. The Morgan fingerprint density at radius 2 is 1.48 bits per heavy atom. The van der Waals surface area contributed by atoms with Gasteiger partial charge in [0.05, 0.1) is 0 Å². The number of carboxylic acids is 1. The quantitative estimate of drug-likeness (QED) is 0.625. The molecular formula is C22H26O3. The van der Waals surface area contributed by atoms with Gasteiger partial charge in [-0.2, -0.15) is 0 Å². The molecule has 0 saturated carbocycles. The molecule has 25 heavy (non-hydrogen) atoms. The van der Waals surface area contributed by atoms with Crippen molar-refractivity contribution in [3.8, 4) is 11.1 Å². The van der Waals surface area contributed by atoms with Gasteiger partial charge in [-0.25, -0.2) is 0 Å². The molecule has 0 aliphatic rings. The summed E-state index contributed by atoms with van der Waals surface area (Å²) >= 11 is 0. The number of Topliss-reactive ketones (excluding diaryl/α,β-unsaturated/α-hetero) is 1. The van der Waals surface area contributed by atoms with E-state index >= 15 is 0 Å². The van der Waals surface area contributed by atoms with Gasteiger partial charge in [0, 0.05) is 18.4 Å². The highest BCUT2D eigenvalue weighted by Gasteiger charge is 2.14. The van der Waals surface area contributed by atoms with Crippen molar-refractivity contribution in [2.75, 3.05) is 0 Å². The Morgan fingerprint density at radius 1 is 0.920 bits per heavy atom. The van der Waals surface area contributed by atoms with Gasteiger partial charge in [-0.05, 0) is 35.4 Å². The molecule has 0 bridgehead atoms. The monoisotopic (exact) mass is 338 g/mol. The Morgan fingerprint density at radius 3 is 2.00 bits per heavy atom. The van der Waals surface area contributed by atoms with Crippen LogP contribution in [-0.4, -0.2) is 16.9 Å². The first-order chi connectivity index (χ1) is 12.0. The van der Waals surface area contributed by atoms with Crippen LogP contribution in [0.3, 0.4) is 0 Å². The summed E-state index contributed by atoms with van der Waals surface area (Å²) in [5.74, 6) is -1.02. The number of aryl methyl sites for hydroxylation is 1. The first-order valence-electron chi connectivity index (χ1n) is 8.94. The summed E-state index contributed by atoms with van der Waals surface area (Å²) in [6.07, 6.45) is 3.80. The van der Waals surface area contributed by atoms with Crippen LogP contribution in [-0.2, 0) is 11.2 Å². The third-order valence-electron chi connectivity index (χ3n) is 4.37. The van der Waals surface area contributed by atoms with Gasteiger partial charge in [0.1, 0.15) is 0 Å². The standard InChI is InChI=1S/C22H26O3/c1-3-4-5-17-6-8-18(9-7-17)19-10-12-20(13-11-19)21(23)14-16(2)15-22(24)25/h6-13,16H,3-5,14-15H2,1-2H3,(H,24,25). The van der Waals surface area contributed by atoms with Crippen LogP contribution in [0.15, 0.2) is 48.5 Å². The highest BCUT2D eigenvalue weighted by molar-refractivity contribution is 5.96. The second kappa shape index (κ2) is 9.16. The fourth-order valence-electron chi connectivity index (χ4n) is 2.90. The highest BCUT2D eigenvalue weighted by Crippen LogP contribution is 2.22. The van der Waals surface area contributed by atoms with Crippen molar-refractivity contribution in [1.29, 1.82) is 0 Å². The molecule has 132 valence electrons. The third-order valence-corrected chi connectivity index (χ3v) is 4.37. The summed E-state index contributed by atoms with van der Waals surface area (Å²) in [6.45, 7) is 3.99. The second-order valence-electron chi connectivity index (χ2n) is 6.71. The molecule has 0 aromatic heterocycles. The molecule has 0 fully saturated rings. The lowest BCUT2D eigenvalue weighted by Crippen LogP contribution is -2.10. The summed E-state index contributed by atoms with van der Waals surface area (Å²) in [6, 6.07) is 16.1. The van der Waals surface area contributed by atoms with Crippen molar-refractivity contribution in [1.82, 2.24) is 0 Å². The number of unbranched alkanes of at least 4 members (excludes halogenated alkanes) is 1. The van der Waals surface area contributed by atoms with E-state index in [1.165, 1.54) is 18.4 Å². The van der Waals surface area contributed by atoms with Gasteiger partial charge in [0.25, 0.3) is 0 Å². The number of aliphatic carboxylic acids is 1. The number of rotatable bonds is 9. The fraction of sp³-hybridized carbons (Fsp3) is 0.364. The minimum absolute atomic E-state index is 0.00443. The van der Waals surface area contributed by atoms with E-state index in [9.17, 15) is 9.59 Å². The zero-order valence-corrected chi connectivity index (χ0v) is 15.0. The average molecular weight is 338 g/mol. The molecule has 1 atom stereocenters. The number of carbonyl (C=O) groups excluding carboxylic acids is 1. The molecule has 2 aromatic carbocycles. The van der Waals surface area contributed by atoms with Gasteiger partial charge in [-0.3, -0.25) is 9.59 Å². The molecule has 3 nitrogen and oxygen atoms in total. The Balaban J connectivity index is 2.01. The summed E-state index contributed by atoms with van der Waals surface area (Å²) < 4.78 is 0. The molecule has 0 radical (unpaired) electrons. The van der Waals surface area contributed by atoms with Crippen molar-refractivity contribution in [2.24, 2.45) is 5.92 Å². The van der Waals surface area contributed by atoms with Crippen molar-refractivity contribution in [3.63, 3.8) is 0 Å². The number of hydrogen-bond donors (Lipinski definition) is 1. The van der Waals surface area contributed by atoms with Crippen molar-refractivity contribution < 1.29 is 14.7 Å². The van der Waals surface area contributed by atoms with Crippen LogP contribution in [0.1, 0.15) is 55.5 Å². The predicted octanol–water partition coefficient (Wildman–Crippen LogP) is 5.38. The topological polar surface area (TPSA) is 54.4 Å². The first kappa shape index (κ1) is 18.9. The van der Waals surface area contributed by atoms with Gasteiger partial charge in [-0.1, -0.05) is 68.8 Å². The molecule has 3 heteroatoms. The number of hydrogen-bond acceptors (Lipinski definition) is 2. The maximum atomic E-state index is 12.2. The van der Waals surface area contributed by atoms with Crippen molar-refractivity contribution in [3.05, 3.63) is 59.7 Å². The van der Waals surface area contributed by atoms with Gasteiger partial charge < -0.3 is 5.11 Å². The van der Waals surface area contributed by atoms with Gasteiger partial charge in [0.2, 0.25) is 0 Å². The Labute approximate surface area is 149 Å². The lowest BCUT2D eigenvalue weighted by atomic mass is 9.95. The van der Waals surface area contributed by atoms with Crippen LogP contribution in [0.4, 0.5) is 0 Å². The van der Waals surface area contributed by atoms with Crippen molar-refractivity contribution >= 4 is 11.8 Å². The number of carbonyl (C=O) groups is 2. The number of benzene rings is 2. The van der Waals surface area contributed by atoms with E-state index in [1.807, 2.05) is 24.3 Å². The normalized spacial score (nSPS) is 11.9. The zero-order valence-electron chi connectivity index (χ0n) is 15.0. The lowest BCUT2D eigenvalue weighted by molar-refractivity contribution is -0.137. The maximum Gasteiger partial charge on any atom is 0.303 e. The Hall–Kier alpha value is -2.42. The smallest absolute Gasteiger partial charge is 0.303 e. The molecule has 0 heterocycles. The summed E-state index contributed by atoms with van der Waals surface area (Å²) in [4.78, 5) is 22.9. The summed E-state index contributed by atoms with van der Waals surface area (Å²) in [7, 11) is 0. The molecule has 2 aromatic rings. The largest absolute Gasteiger partial charge is 0.481 e. The summed E-state index contributed by atoms with van der Waals surface area (Å²) in [5, 5.41) is 8.79. The molecule has 0 saturated heterocycles. The minimum Gasteiger partial charge on any atom is -0.481 e. The first-order valence-corrected chi connectivity index (χ1v) is 8.94. The Bertz CT molecular complexity index is 699. The van der Waals surface area contributed by atoms with E-state index in [1.54, 1.807) is 6.92 Å². The van der Waals surface area contributed by atoms with E-state index < -0.39 is 5.97 Å². The van der Waals surface area contributed by atoms with E-state index in [-0.39, 0.29) is 24.5 Å². The molecule has 0 aliphatic heterocycles. The van der Waals surface area contributed by atoms with E-state index in [4.69, 9.17) is 5.11 Å². The van der Waals surface area contributed by atoms with Crippen molar-refractivity contribution in [2.45, 2.75) is 46.0 Å². The Kier molecular flexibility index (Phi) is 6.93. The molecule has 0 amide bonds. The second-order valence-corrected chi connectivity index (χ2v) is 6.71. The van der Waals surface area contributed by atoms with Crippen LogP contribution >= 0.6 is 0 Å². The SMILES string of the molecule is CCCCc1ccc(-c2ccc(C(=O)CC(C)CC(=O)O)cc2)cc1. The number of ketones is 1. The number of carboxylic acid groups (broad SMARTS) is 1. The van der Waals surface area contributed by atoms with Gasteiger partial charge >= 0.3 is 5.97 Å². The van der Waals surface area contributed by atoms with E-state index in [0.29, 0.717) is 5.56 Å². The predicted molar refractivity (Wildman–Crippen MR) is 101 cm³/mol. The fourth-order valence-corrected chi connectivity index (χ4v) is 2.90. The molecule has 1 unspecified atom stereocenters. The highest BCUT2D eigenvalue weighted by atomic mass is 16.4. The third kappa shape index (κ3) is 5.86. The van der Waals surface area contributed by atoms with Crippen LogP contribution in [0, 0.1) is 5.92 Å². The summed E-state index contributed by atoms with van der Waals surface area (Å²) in [5.41, 5.74) is 4.21. The minimum atomic E-state index is -0.863. The van der Waals surface area contributed by atoms with Crippen LogP contribution in [0.5, 0.6) is 0 Å². The maximum absolute atomic E-state index is 12.2. The molecule has 2 rings (SSSR count). The van der Waals surface area contributed by atoms with Crippen LogP contribution < -0.4 is 0 Å². The van der Waals surface area contributed by atoms with Crippen LogP contribution in [0.25, 0.3) is 11.1 Å². The molecular weight excluding hydrogens is 312 g/mol. The van der Waals surface area contributed by atoms with Gasteiger partial charge in [-0.15, -0.1) is 0 Å². The average Bonchev–Trinajstić information content (AvgIpc) is 2.59. The van der Waals surface area contributed by atoms with Gasteiger partial charge in [0.15, 0.2) is 5.78 Å². The molecule has 0 aliphatic carbocycles. The van der Waals surface area contributed by atoms with E-state index in [2.05, 4.69) is 31.2 Å². The molecule has 0 spiro atoms. The lowest BCUT2D eigenvalue weighted by Gasteiger charge is -2.09.